The third kappa shape index (κ3) is 59.0. The van der Waals surface area contributed by atoms with Crippen molar-refractivity contribution in [2.24, 2.45) is 0 Å². The van der Waals surface area contributed by atoms with Crippen LogP contribution in [0.15, 0.2) is 97.2 Å². The quantitative estimate of drug-likeness (QED) is 0.0197. The Morgan fingerprint density at radius 1 is 0.362 bits per heavy atom. The van der Waals surface area contributed by atoms with Crippen LogP contribution >= 0.6 is 7.82 Å². The number of phosphoric acid groups is 1. The molecule has 0 saturated heterocycles. The largest absolute Gasteiger partial charge is 0.472 e. The number of ether oxygens (including phenoxy) is 3. The maximum atomic E-state index is 13.0. The molecule has 0 bridgehead atoms. The van der Waals surface area contributed by atoms with Gasteiger partial charge in [-0.1, -0.05) is 234 Å². The van der Waals surface area contributed by atoms with E-state index in [2.05, 4.69) is 118 Å². The van der Waals surface area contributed by atoms with Crippen molar-refractivity contribution in [2.45, 2.75) is 290 Å². The van der Waals surface area contributed by atoms with Gasteiger partial charge in [0.25, 0.3) is 0 Å². The average molecular weight is 1140 g/mol. The number of hydrogen-bond acceptors (Lipinski definition) is 10. The highest BCUT2D eigenvalue weighted by Gasteiger charge is 2.28. The van der Waals surface area contributed by atoms with E-state index in [0.717, 1.165) is 122 Å². The lowest BCUT2D eigenvalue weighted by atomic mass is 10.1. The molecule has 0 saturated carbocycles. The molecule has 0 aromatic carbocycles. The molecule has 3 atom stereocenters. The number of rotatable bonds is 59. The normalized spacial score (nSPS) is 13.9. The Morgan fingerprint density at radius 3 is 1.05 bits per heavy atom. The number of unbranched alkanes of at least 4 members (excludes halogenated alkanes) is 26. The number of esters is 3. The molecule has 460 valence electrons. The van der Waals surface area contributed by atoms with E-state index >= 15 is 0 Å². The van der Waals surface area contributed by atoms with Gasteiger partial charge in [0.2, 0.25) is 0 Å². The zero-order chi connectivity index (χ0) is 58.3. The minimum absolute atomic E-state index is 0.151. The SMILES string of the molecule is CC/C=C\C/C=C\C/C=C\C/C=C\C/C=C\CCCCCC(=O)OCC(COP(=O)(O)OCC(CO)OC(=O)CCCCCCC/C=C\CCCCCCCC)OC(=O)CCCCCCCCCCC/C=C\C/C=C\CCCCC. The second-order valence-corrected chi connectivity index (χ2v) is 22.6. The third-order valence-electron chi connectivity index (χ3n) is 13.5. The molecule has 0 rings (SSSR count). The maximum Gasteiger partial charge on any atom is 0.472 e. The van der Waals surface area contributed by atoms with Gasteiger partial charge in [0, 0.05) is 19.3 Å². The van der Waals surface area contributed by atoms with Gasteiger partial charge in [-0.15, -0.1) is 0 Å². The number of phosphoric ester groups is 1. The van der Waals surface area contributed by atoms with Crippen LogP contribution in [0.5, 0.6) is 0 Å². The molecule has 0 aliphatic heterocycles. The summed E-state index contributed by atoms with van der Waals surface area (Å²) in [4.78, 5) is 48.8. The highest BCUT2D eigenvalue weighted by atomic mass is 31.2. The maximum absolute atomic E-state index is 13.0. The molecule has 0 fully saturated rings. The molecule has 12 heteroatoms. The summed E-state index contributed by atoms with van der Waals surface area (Å²) in [7, 11) is -4.77. The number of aliphatic hydroxyl groups excluding tert-OH is 1. The lowest BCUT2D eigenvalue weighted by Crippen LogP contribution is -2.30. The summed E-state index contributed by atoms with van der Waals surface area (Å²) in [6.45, 7) is 4.48. The van der Waals surface area contributed by atoms with E-state index in [1.54, 1.807) is 0 Å². The zero-order valence-electron chi connectivity index (χ0n) is 51.0. The molecule has 0 amide bonds. The molecule has 0 spiro atoms. The van der Waals surface area contributed by atoms with Crippen molar-refractivity contribution in [2.75, 3.05) is 26.4 Å². The molecule has 0 aromatic rings. The van der Waals surface area contributed by atoms with E-state index in [-0.39, 0.29) is 25.9 Å². The van der Waals surface area contributed by atoms with Crippen LogP contribution in [-0.2, 0) is 42.2 Å². The van der Waals surface area contributed by atoms with E-state index in [1.807, 2.05) is 0 Å². The Bertz CT molecular complexity index is 1710. The van der Waals surface area contributed by atoms with Crippen LogP contribution in [0.3, 0.4) is 0 Å². The molecule has 0 radical (unpaired) electrons. The predicted octanol–water partition coefficient (Wildman–Crippen LogP) is 19.6. The Morgan fingerprint density at radius 2 is 0.650 bits per heavy atom. The fourth-order valence-electron chi connectivity index (χ4n) is 8.58. The highest BCUT2D eigenvalue weighted by molar-refractivity contribution is 7.47. The van der Waals surface area contributed by atoms with Gasteiger partial charge in [0.05, 0.1) is 19.8 Å². The molecule has 3 unspecified atom stereocenters. The van der Waals surface area contributed by atoms with Gasteiger partial charge in [0.1, 0.15) is 12.7 Å². The van der Waals surface area contributed by atoms with Crippen molar-refractivity contribution < 1.29 is 52.2 Å². The molecule has 0 heterocycles. The first kappa shape index (κ1) is 76.4. The summed E-state index contributed by atoms with van der Waals surface area (Å²) in [5, 5.41) is 9.85. The van der Waals surface area contributed by atoms with Gasteiger partial charge in [-0.2, -0.15) is 0 Å². The minimum Gasteiger partial charge on any atom is -0.462 e. The number of allylic oxidation sites excluding steroid dienone is 16. The molecule has 80 heavy (non-hydrogen) atoms. The van der Waals surface area contributed by atoms with Gasteiger partial charge < -0.3 is 24.2 Å². The molecule has 2 N–H and O–H groups in total. The van der Waals surface area contributed by atoms with Gasteiger partial charge in [-0.25, -0.2) is 4.57 Å². The number of carbonyl (C=O) groups is 3. The average Bonchev–Trinajstić information content (AvgIpc) is 3.45. The van der Waals surface area contributed by atoms with Crippen molar-refractivity contribution in [3.05, 3.63) is 97.2 Å². The van der Waals surface area contributed by atoms with Crippen molar-refractivity contribution in [1.29, 1.82) is 0 Å². The van der Waals surface area contributed by atoms with Crippen LogP contribution in [0, 0.1) is 0 Å². The van der Waals surface area contributed by atoms with Crippen molar-refractivity contribution in [3.63, 3.8) is 0 Å². The third-order valence-corrected chi connectivity index (χ3v) is 14.4. The first-order valence-electron chi connectivity index (χ1n) is 32.1. The highest BCUT2D eigenvalue weighted by Crippen LogP contribution is 2.43. The summed E-state index contributed by atoms with van der Waals surface area (Å²) in [6, 6.07) is 0. The Balaban J connectivity index is 4.78. The smallest absolute Gasteiger partial charge is 0.462 e. The predicted molar refractivity (Wildman–Crippen MR) is 334 cm³/mol. The van der Waals surface area contributed by atoms with Crippen LogP contribution in [0.1, 0.15) is 278 Å². The van der Waals surface area contributed by atoms with Crippen molar-refractivity contribution in [3.8, 4) is 0 Å². The topological polar surface area (TPSA) is 155 Å². The van der Waals surface area contributed by atoms with E-state index in [9.17, 15) is 28.9 Å². The van der Waals surface area contributed by atoms with Gasteiger partial charge in [-0.05, 0) is 122 Å². The van der Waals surface area contributed by atoms with E-state index in [1.165, 1.54) is 96.3 Å². The van der Waals surface area contributed by atoms with Crippen molar-refractivity contribution >= 4 is 25.7 Å². The summed E-state index contributed by atoms with van der Waals surface area (Å²) < 4.78 is 39.7. The molecule has 11 nitrogen and oxygen atoms in total. The molecule has 0 aromatic heterocycles. The zero-order valence-corrected chi connectivity index (χ0v) is 51.9. The van der Waals surface area contributed by atoms with E-state index in [0.29, 0.717) is 19.3 Å². The minimum atomic E-state index is -4.77. The molecular weight excluding hydrogens is 1020 g/mol. The summed E-state index contributed by atoms with van der Waals surface area (Å²) in [6.07, 6.45) is 73.5. The first-order chi connectivity index (χ1) is 39.2. The monoisotopic (exact) mass is 1140 g/mol. The molecule has 0 aliphatic rings. The molecular formula is C68H117O11P. The van der Waals surface area contributed by atoms with Crippen LogP contribution in [-0.4, -0.2) is 66.5 Å². The fraction of sp³-hybridized carbons (Fsp3) is 0.721. The second kappa shape index (κ2) is 61.5. The van der Waals surface area contributed by atoms with Crippen LogP contribution in [0.2, 0.25) is 0 Å². The standard InChI is InChI=1S/C68H117O11P/c1-4-7-10-13-16-19-22-25-28-30-32-34-37-39-42-45-48-51-54-57-66(70)75-61-65(79-68(72)59-56-53-50-47-44-41-38-35-33-31-29-26-23-20-17-14-11-8-5-2)63-77-80(73,74)76-62-64(60-69)78-67(71)58-55-52-49-46-43-40-36-27-24-21-18-15-12-9-6-3/h7,10,16-17,19-20,25-29,32,34,36,39,42,64-65,69H,4-6,8-9,11-15,18,21-24,30-31,33,35,37-38,40-41,43-63H2,1-3H3,(H,73,74)/b10-7-,19-16-,20-17-,28-25-,29-26-,34-32-,36-27-,42-39-. The molecule has 0 aliphatic carbocycles. The first-order valence-corrected chi connectivity index (χ1v) is 33.6. The summed E-state index contributed by atoms with van der Waals surface area (Å²) in [5.74, 6) is -1.51. The Hall–Kier alpha value is -3.60. The van der Waals surface area contributed by atoms with Gasteiger partial charge >= 0.3 is 25.7 Å². The van der Waals surface area contributed by atoms with Gasteiger partial charge in [0.15, 0.2) is 6.10 Å². The van der Waals surface area contributed by atoms with E-state index < -0.39 is 57.8 Å². The lowest BCUT2D eigenvalue weighted by Gasteiger charge is -2.21. The number of aliphatic hydroxyl groups is 1. The Kier molecular flexibility index (Phi) is 58.7. The summed E-state index contributed by atoms with van der Waals surface area (Å²) >= 11 is 0. The second-order valence-electron chi connectivity index (χ2n) is 21.2. The van der Waals surface area contributed by atoms with Crippen LogP contribution in [0.25, 0.3) is 0 Å². The Labute approximate surface area is 489 Å². The van der Waals surface area contributed by atoms with Crippen molar-refractivity contribution in [1.82, 2.24) is 0 Å². The van der Waals surface area contributed by atoms with Crippen LogP contribution in [0.4, 0.5) is 0 Å². The fourth-order valence-corrected chi connectivity index (χ4v) is 9.37. The van der Waals surface area contributed by atoms with E-state index in [4.69, 9.17) is 23.3 Å². The van der Waals surface area contributed by atoms with Crippen LogP contribution < -0.4 is 0 Å². The van der Waals surface area contributed by atoms with Gasteiger partial charge in [-0.3, -0.25) is 23.4 Å². The number of carbonyl (C=O) groups excluding carboxylic acids is 3. The lowest BCUT2D eigenvalue weighted by molar-refractivity contribution is -0.161. The summed E-state index contributed by atoms with van der Waals surface area (Å²) in [5.41, 5.74) is 0. The number of hydrogen-bond donors (Lipinski definition) is 2.